The van der Waals surface area contributed by atoms with Crippen molar-refractivity contribution in [1.29, 1.82) is 0 Å². The Labute approximate surface area is 126 Å². The number of alkyl halides is 1. The Morgan fingerprint density at radius 2 is 2.00 bits per heavy atom. The van der Waals surface area contributed by atoms with Crippen LogP contribution in [0.25, 0.3) is 0 Å². The number of hydrogen-bond acceptors (Lipinski definition) is 1. The molecule has 0 radical (unpaired) electrons. The summed E-state index contributed by atoms with van der Waals surface area (Å²) in [6, 6.07) is 8.52. The van der Waals surface area contributed by atoms with E-state index in [1.54, 1.807) is 0 Å². The van der Waals surface area contributed by atoms with Gasteiger partial charge in [0.25, 0.3) is 0 Å². The lowest BCUT2D eigenvalue weighted by molar-refractivity contribution is -0.135. The third kappa shape index (κ3) is 2.85. The second-order valence-corrected chi connectivity index (χ2v) is 6.98. The third-order valence-electron chi connectivity index (χ3n) is 4.78. The van der Waals surface area contributed by atoms with E-state index in [0.717, 1.165) is 38.6 Å². The normalized spacial score (nSPS) is 28.4. The first kappa shape index (κ1) is 13.9. The summed E-state index contributed by atoms with van der Waals surface area (Å²) in [5.74, 6) is 1.10. The van der Waals surface area contributed by atoms with Crippen molar-refractivity contribution in [3.63, 3.8) is 0 Å². The number of carbonyl (C=O) groups is 1. The number of nitrogens with zero attached hydrogens (tertiary/aromatic N) is 1. The Balaban J connectivity index is 1.58. The monoisotopic (exact) mass is 291 g/mol. The van der Waals surface area contributed by atoms with Gasteiger partial charge in [-0.15, -0.1) is 11.6 Å². The highest BCUT2D eigenvalue weighted by Gasteiger charge is 2.32. The van der Waals surface area contributed by atoms with Gasteiger partial charge in [0.05, 0.1) is 0 Å². The molecule has 2 nitrogen and oxygen atoms in total. The Morgan fingerprint density at radius 1 is 1.30 bits per heavy atom. The highest BCUT2D eigenvalue weighted by molar-refractivity contribution is 6.21. The lowest BCUT2D eigenvalue weighted by Gasteiger charge is -2.36. The zero-order valence-corrected chi connectivity index (χ0v) is 12.8. The molecule has 1 aromatic carbocycles. The number of hydrogen-bond donors (Lipinski definition) is 0. The average Bonchev–Trinajstić information content (AvgIpc) is 2.44. The quantitative estimate of drug-likeness (QED) is 0.783. The summed E-state index contributed by atoms with van der Waals surface area (Å²) in [5.41, 5.74) is 2.78. The van der Waals surface area contributed by atoms with E-state index < -0.39 is 0 Å². The highest BCUT2D eigenvalue weighted by atomic mass is 35.5. The molecule has 0 heterocycles. The van der Waals surface area contributed by atoms with Crippen molar-refractivity contribution in [2.24, 2.45) is 11.8 Å². The molecule has 0 spiro atoms. The van der Waals surface area contributed by atoms with E-state index in [9.17, 15) is 4.79 Å². The van der Waals surface area contributed by atoms with Gasteiger partial charge in [-0.1, -0.05) is 24.3 Å². The van der Waals surface area contributed by atoms with Gasteiger partial charge in [0.1, 0.15) is 0 Å². The molecule has 0 N–H and O–H groups in total. The van der Waals surface area contributed by atoms with Crippen LogP contribution in [0.3, 0.4) is 0 Å². The highest BCUT2D eigenvalue weighted by Crippen LogP contribution is 2.33. The second-order valence-electron chi connectivity index (χ2n) is 6.36. The standard InChI is InChI=1S/C17H22ClNO/c1-19(11-12-8-16(18)9-12)17(20)15-7-6-13-4-2-3-5-14(13)10-15/h2-5,12,15-16H,6-11H2,1H3. The number of benzene rings is 1. The molecular formula is C17H22ClNO. The first-order valence-electron chi connectivity index (χ1n) is 7.59. The van der Waals surface area contributed by atoms with Gasteiger partial charge < -0.3 is 4.90 Å². The topological polar surface area (TPSA) is 20.3 Å². The first-order chi connectivity index (χ1) is 9.63. The Kier molecular flexibility index (Phi) is 4.02. The maximum atomic E-state index is 12.6. The molecule has 1 amide bonds. The van der Waals surface area contributed by atoms with E-state index in [1.807, 2.05) is 11.9 Å². The molecule has 108 valence electrons. The van der Waals surface area contributed by atoms with Crippen LogP contribution in [-0.4, -0.2) is 29.8 Å². The van der Waals surface area contributed by atoms with Crippen LogP contribution in [0.5, 0.6) is 0 Å². The van der Waals surface area contributed by atoms with Crippen molar-refractivity contribution in [3.8, 4) is 0 Å². The van der Waals surface area contributed by atoms with Crippen LogP contribution in [0.2, 0.25) is 0 Å². The summed E-state index contributed by atoms with van der Waals surface area (Å²) in [7, 11) is 1.95. The van der Waals surface area contributed by atoms with Gasteiger partial charge in [0, 0.05) is 24.9 Å². The molecule has 20 heavy (non-hydrogen) atoms. The Bertz CT molecular complexity index is 496. The van der Waals surface area contributed by atoms with Crippen LogP contribution < -0.4 is 0 Å². The SMILES string of the molecule is CN(CC1CC(Cl)C1)C(=O)C1CCc2ccccc2C1. The van der Waals surface area contributed by atoms with E-state index >= 15 is 0 Å². The molecule has 1 saturated carbocycles. The molecule has 0 saturated heterocycles. The molecule has 0 aliphatic heterocycles. The van der Waals surface area contributed by atoms with Crippen molar-refractivity contribution in [2.75, 3.05) is 13.6 Å². The summed E-state index contributed by atoms with van der Waals surface area (Å²) >= 11 is 6.01. The summed E-state index contributed by atoms with van der Waals surface area (Å²) in [5, 5.41) is 0.338. The fourth-order valence-corrected chi connectivity index (χ4v) is 4.00. The minimum Gasteiger partial charge on any atom is -0.345 e. The fourth-order valence-electron chi connectivity index (χ4n) is 3.50. The molecule has 3 rings (SSSR count). The van der Waals surface area contributed by atoms with Crippen LogP contribution in [0.1, 0.15) is 30.4 Å². The van der Waals surface area contributed by atoms with Crippen molar-refractivity contribution >= 4 is 17.5 Å². The zero-order valence-electron chi connectivity index (χ0n) is 12.0. The lowest BCUT2D eigenvalue weighted by atomic mass is 9.82. The predicted octanol–water partition coefficient (Wildman–Crippen LogP) is 3.27. The zero-order chi connectivity index (χ0) is 14.1. The Hall–Kier alpha value is -1.02. The Morgan fingerprint density at radius 3 is 2.70 bits per heavy atom. The second kappa shape index (κ2) is 5.77. The van der Waals surface area contributed by atoms with Gasteiger partial charge in [-0.3, -0.25) is 4.79 Å². The van der Waals surface area contributed by atoms with E-state index in [4.69, 9.17) is 11.6 Å². The van der Waals surface area contributed by atoms with Gasteiger partial charge in [0.15, 0.2) is 0 Å². The number of fused-ring (bicyclic) bond motifs is 1. The molecule has 1 fully saturated rings. The minimum atomic E-state index is 0.168. The molecule has 0 bridgehead atoms. The molecular weight excluding hydrogens is 270 g/mol. The molecule has 2 aliphatic carbocycles. The lowest BCUT2D eigenvalue weighted by Crippen LogP contribution is -2.41. The molecule has 2 aliphatic rings. The van der Waals surface area contributed by atoms with E-state index in [-0.39, 0.29) is 5.92 Å². The number of carbonyl (C=O) groups excluding carboxylic acids is 1. The molecule has 1 unspecified atom stereocenters. The molecule has 1 aromatic rings. The van der Waals surface area contributed by atoms with Crippen molar-refractivity contribution in [1.82, 2.24) is 4.90 Å². The molecule has 3 heteroatoms. The van der Waals surface area contributed by atoms with Crippen LogP contribution in [0.4, 0.5) is 0 Å². The minimum absolute atomic E-state index is 0.168. The summed E-state index contributed by atoms with van der Waals surface area (Å²) < 4.78 is 0. The maximum absolute atomic E-state index is 12.6. The van der Waals surface area contributed by atoms with Gasteiger partial charge in [-0.2, -0.15) is 0 Å². The predicted molar refractivity (Wildman–Crippen MR) is 82.0 cm³/mol. The summed E-state index contributed by atoms with van der Waals surface area (Å²) in [6.45, 7) is 0.875. The van der Waals surface area contributed by atoms with Crippen molar-refractivity contribution < 1.29 is 4.79 Å². The first-order valence-corrected chi connectivity index (χ1v) is 8.03. The van der Waals surface area contributed by atoms with E-state index in [2.05, 4.69) is 24.3 Å². The smallest absolute Gasteiger partial charge is 0.225 e. The maximum Gasteiger partial charge on any atom is 0.225 e. The number of aryl methyl sites for hydroxylation is 1. The van der Waals surface area contributed by atoms with Gasteiger partial charge >= 0.3 is 0 Å². The van der Waals surface area contributed by atoms with Crippen LogP contribution >= 0.6 is 11.6 Å². The summed E-state index contributed by atoms with van der Waals surface area (Å²) in [6.07, 6.45) is 5.05. The number of halogens is 1. The molecule has 1 atom stereocenters. The fraction of sp³-hybridized carbons (Fsp3) is 0.588. The summed E-state index contributed by atoms with van der Waals surface area (Å²) in [4.78, 5) is 14.5. The third-order valence-corrected chi connectivity index (χ3v) is 5.14. The van der Waals surface area contributed by atoms with Gasteiger partial charge in [0.2, 0.25) is 5.91 Å². The van der Waals surface area contributed by atoms with E-state index in [1.165, 1.54) is 11.1 Å². The largest absolute Gasteiger partial charge is 0.345 e. The van der Waals surface area contributed by atoms with Crippen molar-refractivity contribution in [2.45, 2.75) is 37.5 Å². The van der Waals surface area contributed by atoms with Crippen LogP contribution in [0, 0.1) is 11.8 Å². The van der Waals surface area contributed by atoms with E-state index in [0.29, 0.717) is 17.2 Å². The number of amides is 1. The van der Waals surface area contributed by atoms with Crippen LogP contribution in [0.15, 0.2) is 24.3 Å². The molecule has 0 aromatic heterocycles. The average molecular weight is 292 g/mol. The van der Waals surface area contributed by atoms with Gasteiger partial charge in [-0.25, -0.2) is 0 Å². The van der Waals surface area contributed by atoms with Gasteiger partial charge in [-0.05, 0) is 49.1 Å². The van der Waals surface area contributed by atoms with Crippen LogP contribution in [-0.2, 0) is 17.6 Å². The number of rotatable bonds is 3. The van der Waals surface area contributed by atoms with Crippen molar-refractivity contribution in [3.05, 3.63) is 35.4 Å².